The van der Waals surface area contributed by atoms with Crippen molar-refractivity contribution in [3.63, 3.8) is 0 Å². The first-order valence-electron chi connectivity index (χ1n) is 9.89. The third-order valence-corrected chi connectivity index (χ3v) is 5.73. The van der Waals surface area contributed by atoms with Crippen molar-refractivity contribution in [2.45, 2.75) is 32.0 Å². The van der Waals surface area contributed by atoms with Crippen LogP contribution in [0.3, 0.4) is 0 Å². The van der Waals surface area contributed by atoms with E-state index in [-0.39, 0.29) is 0 Å². The van der Waals surface area contributed by atoms with Crippen LogP contribution >= 0.6 is 0 Å². The summed E-state index contributed by atoms with van der Waals surface area (Å²) in [5.74, 6) is 0. The van der Waals surface area contributed by atoms with Crippen molar-refractivity contribution in [1.29, 1.82) is 0 Å². The van der Waals surface area contributed by atoms with Crippen molar-refractivity contribution < 1.29 is 13.2 Å². The smallest absolute Gasteiger partial charge is 0.312 e. The van der Waals surface area contributed by atoms with Crippen molar-refractivity contribution >= 4 is 5.57 Å². The fourth-order valence-electron chi connectivity index (χ4n) is 4.05. The minimum Gasteiger partial charge on any atom is -0.312 e. The molecule has 0 saturated heterocycles. The summed E-state index contributed by atoms with van der Waals surface area (Å²) in [6, 6.07) is 12.5. The molecule has 28 heavy (non-hydrogen) atoms. The molecule has 2 aliphatic rings. The predicted octanol–water partition coefficient (Wildman–Crippen LogP) is 4.68. The highest BCUT2D eigenvalue weighted by molar-refractivity contribution is 5.67. The molecule has 2 aliphatic heterocycles. The highest BCUT2D eigenvalue weighted by atomic mass is 19.4. The Morgan fingerprint density at radius 1 is 1.00 bits per heavy atom. The Bertz CT molecular complexity index is 870. The molecule has 148 valence electrons. The lowest BCUT2D eigenvalue weighted by molar-refractivity contribution is -0.137. The molecule has 0 amide bonds. The molecule has 2 aromatic rings. The summed E-state index contributed by atoms with van der Waals surface area (Å²) >= 11 is 0. The van der Waals surface area contributed by atoms with Gasteiger partial charge in [0.25, 0.3) is 0 Å². The molecule has 2 aromatic carbocycles. The Morgan fingerprint density at radius 2 is 1.89 bits per heavy atom. The van der Waals surface area contributed by atoms with Crippen LogP contribution in [0.5, 0.6) is 0 Å². The molecular weight excluding hydrogens is 361 g/mol. The van der Waals surface area contributed by atoms with Crippen LogP contribution < -0.4 is 5.32 Å². The zero-order chi connectivity index (χ0) is 19.6. The number of hydrogen-bond acceptors (Lipinski definition) is 2. The van der Waals surface area contributed by atoms with E-state index in [2.05, 4.69) is 34.5 Å². The van der Waals surface area contributed by atoms with E-state index in [1.165, 1.54) is 28.8 Å². The van der Waals surface area contributed by atoms with Crippen molar-refractivity contribution in [2.75, 3.05) is 26.2 Å². The molecule has 0 radical (unpaired) electrons. The fraction of sp³-hybridized carbons (Fsp3) is 0.391. The molecule has 0 unspecified atom stereocenters. The van der Waals surface area contributed by atoms with Crippen molar-refractivity contribution in [1.82, 2.24) is 10.2 Å². The van der Waals surface area contributed by atoms with E-state index in [1.54, 1.807) is 6.07 Å². The molecule has 0 bridgehead atoms. The van der Waals surface area contributed by atoms with Gasteiger partial charge in [-0.25, -0.2) is 0 Å². The Hall–Kier alpha value is -2.11. The molecule has 2 heterocycles. The van der Waals surface area contributed by atoms with Gasteiger partial charge >= 0.3 is 6.18 Å². The summed E-state index contributed by atoms with van der Waals surface area (Å²) in [6.07, 6.45) is 0.678. The van der Waals surface area contributed by atoms with Crippen LogP contribution in [0.4, 0.5) is 13.2 Å². The highest BCUT2D eigenvalue weighted by Gasteiger charge is 2.30. The number of alkyl halides is 3. The van der Waals surface area contributed by atoms with Gasteiger partial charge in [0.2, 0.25) is 0 Å². The van der Waals surface area contributed by atoms with Gasteiger partial charge in [-0.3, -0.25) is 4.90 Å². The minimum absolute atomic E-state index is 0.574. The Labute approximate surface area is 164 Å². The quantitative estimate of drug-likeness (QED) is 0.821. The summed E-state index contributed by atoms with van der Waals surface area (Å²) in [5.41, 5.74) is 5.35. The lowest BCUT2D eigenvalue weighted by Crippen LogP contribution is -2.30. The summed E-state index contributed by atoms with van der Waals surface area (Å²) in [7, 11) is 0. The van der Waals surface area contributed by atoms with Gasteiger partial charge in [-0.1, -0.05) is 36.4 Å². The number of halogens is 3. The standard InChI is InChI=1S/C23H25F3N2/c24-23(25,26)22-3-1-2-20(15-22)19-8-12-28(13-9-19)11-7-17-4-5-18-6-10-27-16-21(18)14-17/h1-5,8,14-15,27H,6-7,9-13,16H2. The van der Waals surface area contributed by atoms with E-state index >= 15 is 0 Å². The summed E-state index contributed by atoms with van der Waals surface area (Å²) in [6.45, 7) is 4.65. The van der Waals surface area contributed by atoms with Gasteiger partial charge < -0.3 is 5.32 Å². The van der Waals surface area contributed by atoms with Crippen molar-refractivity contribution in [3.8, 4) is 0 Å². The molecule has 5 heteroatoms. The highest BCUT2D eigenvalue weighted by Crippen LogP contribution is 2.32. The molecular formula is C23H25F3N2. The van der Waals surface area contributed by atoms with Gasteiger partial charge in [0.05, 0.1) is 5.56 Å². The van der Waals surface area contributed by atoms with Crippen LogP contribution in [0, 0.1) is 0 Å². The van der Waals surface area contributed by atoms with Crippen molar-refractivity contribution in [2.24, 2.45) is 0 Å². The van der Waals surface area contributed by atoms with Crippen LogP contribution in [0.2, 0.25) is 0 Å². The maximum Gasteiger partial charge on any atom is 0.416 e. The van der Waals surface area contributed by atoms with Gasteiger partial charge in [-0.15, -0.1) is 0 Å². The zero-order valence-electron chi connectivity index (χ0n) is 15.9. The van der Waals surface area contributed by atoms with E-state index in [0.29, 0.717) is 5.56 Å². The Morgan fingerprint density at radius 3 is 2.68 bits per heavy atom. The van der Waals surface area contributed by atoms with Gasteiger partial charge in [0.15, 0.2) is 0 Å². The Balaban J connectivity index is 1.36. The van der Waals surface area contributed by atoms with Gasteiger partial charge in [0.1, 0.15) is 0 Å². The maximum absolute atomic E-state index is 12.9. The van der Waals surface area contributed by atoms with Crippen molar-refractivity contribution in [3.05, 3.63) is 76.4 Å². The molecule has 2 nitrogen and oxygen atoms in total. The summed E-state index contributed by atoms with van der Waals surface area (Å²) < 4.78 is 38.8. The van der Waals surface area contributed by atoms with E-state index in [0.717, 1.165) is 63.6 Å². The number of hydrogen-bond donors (Lipinski definition) is 1. The molecule has 0 aromatic heterocycles. The molecule has 4 rings (SSSR count). The predicted molar refractivity (Wildman–Crippen MR) is 106 cm³/mol. The largest absolute Gasteiger partial charge is 0.416 e. The minimum atomic E-state index is -4.29. The number of nitrogens with zero attached hydrogens (tertiary/aromatic N) is 1. The topological polar surface area (TPSA) is 15.3 Å². The summed E-state index contributed by atoms with van der Waals surface area (Å²) in [5, 5.41) is 3.42. The second kappa shape index (κ2) is 8.10. The first kappa shape index (κ1) is 19.2. The SMILES string of the molecule is FC(F)(F)c1cccc(C2=CCN(CCc3ccc4c(c3)CNCC4)CC2)c1. The van der Waals surface area contributed by atoms with E-state index in [1.807, 2.05) is 0 Å². The number of rotatable bonds is 4. The van der Waals surface area contributed by atoms with E-state index in [4.69, 9.17) is 0 Å². The number of fused-ring (bicyclic) bond motifs is 1. The third-order valence-electron chi connectivity index (χ3n) is 5.73. The van der Waals surface area contributed by atoms with E-state index < -0.39 is 11.7 Å². The number of nitrogens with one attached hydrogen (secondary N) is 1. The third kappa shape index (κ3) is 4.47. The second-order valence-electron chi connectivity index (χ2n) is 7.64. The van der Waals surface area contributed by atoms with Gasteiger partial charge in [-0.2, -0.15) is 13.2 Å². The maximum atomic E-state index is 12.9. The summed E-state index contributed by atoms with van der Waals surface area (Å²) in [4.78, 5) is 2.37. The molecule has 0 spiro atoms. The fourth-order valence-corrected chi connectivity index (χ4v) is 4.05. The first-order valence-corrected chi connectivity index (χ1v) is 9.89. The molecule has 0 aliphatic carbocycles. The normalized spacial score (nSPS) is 17.9. The zero-order valence-corrected chi connectivity index (χ0v) is 15.9. The lowest BCUT2D eigenvalue weighted by atomic mass is 9.96. The van der Waals surface area contributed by atoms with Crippen LogP contribution in [-0.2, 0) is 25.6 Å². The van der Waals surface area contributed by atoms with Gasteiger partial charge in [0, 0.05) is 26.2 Å². The molecule has 1 N–H and O–H groups in total. The lowest BCUT2D eigenvalue weighted by Gasteiger charge is -2.27. The Kier molecular flexibility index (Phi) is 5.56. The molecule has 0 fully saturated rings. The average Bonchev–Trinajstić information content (AvgIpc) is 2.72. The monoisotopic (exact) mass is 386 g/mol. The van der Waals surface area contributed by atoms with Gasteiger partial charge in [-0.05, 0) is 65.8 Å². The first-order chi connectivity index (χ1) is 13.5. The van der Waals surface area contributed by atoms with Crippen LogP contribution in [0.25, 0.3) is 5.57 Å². The second-order valence-corrected chi connectivity index (χ2v) is 7.64. The van der Waals surface area contributed by atoms with Crippen LogP contribution in [-0.4, -0.2) is 31.1 Å². The molecule has 0 saturated carbocycles. The van der Waals surface area contributed by atoms with E-state index in [9.17, 15) is 13.2 Å². The number of benzene rings is 2. The van der Waals surface area contributed by atoms with Crippen LogP contribution in [0.1, 0.15) is 34.2 Å². The van der Waals surface area contributed by atoms with Crippen LogP contribution in [0.15, 0.2) is 48.5 Å². The molecule has 0 atom stereocenters. The average molecular weight is 386 g/mol.